The summed E-state index contributed by atoms with van der Waals surface area (Å²) in [5.41, 5.74) is 0.396. The van der Waals surface area contributed by atoms with Crippen LogP contribution in [0.4, 0.5) is 0 Å². The largest absolute Gasteiger partial charge is 0.392 e. The zero-order valence-electron chi connectivity index (χ0n) is 11.6. The molecule has 1 aliphatic rings. The van der Waals surface area contributed by atoms with E-state index in [1.165, 1.54) is 18.2 Å². The van der Waals surface area contributed by atoms with E-state index in [2.05, 4.69) is 9.62 Å². The summed E-state index contributed by atoms with van der Waals surface area (Å²) in [7, 11) is -3.59. The molecule has 0 saturated carbocycles. The molecule has 1 aromatic rings. The lowest BCUT2D eigenvalue weighted by Crippen LogP contribution is -2.41. The average molecular weight is 335 g/mol. The van der Waals surface area contributed by atoms with Gasteiger partial charge in [-0.1, -0.05) is 11.6 Å². The maximum absolute atomic E-state index is 12.2. The van der Waals surface area contributed by atoms with E-state index in [-0.39, 0.29) is 11.5 Å². The Kier molecular flexibility index (Phi) is 5.98. The fourth-order valence-corrected chi connectivity index (χ4v) is 3.33. The van der Waals surface area contributed by atoms with Crippen molar-refractivity contribution < 1.29 is 18.3 Å². The van der Waals surface area contributed by atoms with Crippen molar-refractivity contribution in [3.05, 3.63) is 28.8 Å². The second-order valence-electron chi connectivity index (χ2n) is 4.76. The van der Waals surface area contributed by atoms with Crippen LogP contribution in [-0.4, -0.2) is 57.8 Å². The number of nitrogens with one attached hydrogen (secondary N) is 1. The first kappa shape index (κ1) is 16.7. The van der Waals surface area contributed by atoms with Gasteiger partial charge >= 0.3 is 0 Å². The Bertz CT molecular complexity index is 574. The number of ether oxygens (including phenoxy) is 1. The first-order valence-corrected chi connectivity index (χ1v) is 8.58. The van der Waals surface area contributed by atoms with Gasteiger partial charge in [0, 0.05) is 31.2 Å². The Balaban J connectivity index is 1.94. The number of hydrogen-bond acceptors (Lipinski definition) is 5. The second kappa shape index (κ2) is 7.53. The lowest BCUT2D eigenvalue weighted by Gasteiger charge is -2.26. The van der Waals surface area contributed by atoms with Gasteiger partial charge in [0.1, 0.15) is 0 Å². The van der Waals surface area contributed by atoms with Gasteiger partial charge in [-0.2, -0.15) is 0 Å². The van der Waals surface area contributed by atoms with E-state index >= 15 is 0 Å². The van der Waals surface area contributed by atoms with Crippen molar-refractivity contribution in [1.82, 2.24) is 9.62 Å². The lowest BCUT2D eigenvalue weighted by atomic mass is 10.2. The normalized spacial score (nSPS) is 17.0. The molecular weight excluding hydrogens is 316 g/mol. The van der Waals surface area contributed by atoms with Gasteiger partial charge in [0.2, 0.25) is 10.0 Å². The van der Waals surface area contributed by atoms with Crippen LogP contribution < -0.4 is 4.72 Å². The number of sulfonamides is 1. The van der Waals surface area contributed by atoms with Crippen molar-refractivity contribution >= 4 is 21.6 Å². The van der Waals surface area contributed by atoms with E-state index in [0.29, 0.717) is 36.9 Å². The third-order valence-corrected chi connectivity index (χ3v) is 5.15. The number of halogens is 1. The van der Waals surface area contributed by atoms with E-state index in [1.54, 1.807) is 0 Å². The fraction of sp³-hybridized carbons (Fsp3) is 0.538. The van der Waals surface area contributed by atoms with Crippen molar-refractivity contribution in [2.24, 2.45) is 0 Å². The maximum Gasteiger partial charge on any atom is 0.240 e. The van der Waals surface area contributed by atoms with Crippen molar-refractivity contribution in [2.45, 2.75) is 11.5 Å². The first-order chi connectivity index (χ1) is 10.0. The minimum Gasteiger partial charge on any atom is -0.392 e. The highest BCUT2D eigenvalue weighted by Crippen LogP contribution is 2.20. The summed E-state index contributed by atoms with van der Waals surface area (Å²) in [6.45, 7) is 3.68. The molecule has 0 aliphatic carbocycles. The van der Waals surface area contributed by atoms with Gasteiger partial charge in [-0.3, -0.25) is 4.90 Å². The van der Waals surface area contributed by atoms with Crippen LogP contribution in [0, 0.1) is 0 Å². The van der Waals surface area contributed by atoms with Crippen LogP contribution in [0.5, 0.6) is 0 Å². The number of hydrogen-bond donors (Lipinski definition) is 2. The van der Waals surface area contributed by atoms with E-state index in [1.807, 2.05) is 0 Å². The standard InChI is InChI=1S/C13H19ClN2O4S/c14-13-2-1-12(9-11(13)10-17)21(18,19)15-3-4-16-5-7-20-8-6-16/h1-2,9,15,17H,3-8,10H2. The number of rotatable bonds is 6. The van der Waals surface area contributed by atoms with E-state index in [9.17, 15) is 8.42 Å². The maximum atomic E-state index is 12.2. The minimum absolute atomic E-state index is 0.109. The molecule has 1 fully saturated rings. The van der Waals surface area contributed by atoms with Crippen LogP contribution in [0.3, 0.4) is 0 Å². The Morgan fingerprint density at radius 1 is 1.33 bits per heavy atom. The summed E-state index contributed by atoms with van der Waals surface area (Å²) in [5.74, 6) is 0. The van der Waals surface area contributed by atoms with Crippen molar-refractivity contribution in [2.75, 3.05) is 39.4 Å². The quantitative estimate of drug-likeness (QED) is 0.789. The van der Waals surface area contributed by atoms with Crippen LogP contribution in [0.1, 0.15) is 5.56 Å². The molecule has 1 aromatic carbocycles. The van der Waals surface area contributed by atoms with E-state index in [0.717, 1.165) is 13.1 Å². The Hall–Kier alpha value is -0.700. The van der Waals surface area contributed by atoms with Gasteiger partial charge < -0.3 is 9.84 Å². The molecule has 6 nitrogen and oxygen atoms in total. The molecule has 0 bridgehead atoms. The monoisotopic (exact) mass is 334 g/mol. The summed E-state index contributed by atoms with van der Waals surface area (Å²) in [5, 5.41) is 9.49. The van der Waals surface area contributed by atoms with Gasteiger partial charge in [-0.15, -0.1) is 0 Å². The summed E-state index contributed by atoms with van der Waals surface area (Å²) >= 11 is 5.86. The summed E-state index contributed by atoms with van der Waals surface area (Å²) in [4.78, 5) is 2.26. The number of benzene rings is 1. The van der Waals surface area contributed by atoms with Crippen LogP contribution >= 0.6 is 11.6 Å². The van der Waals surface area contributed by atoms with E-state index in [4.69, 9.17) is 21.4 Å². The Morgan fingerprint density at radius 3 is 2.71 bits per heavy atom. The number of aliphatic hydroxyl groups excluding tert-OH is 1. The Morgan fingerprint density at radius 2 is 2.05 bits per heavy atom. The SMILES string of the molecule is O=S(=O)(NCCN1CCOCC1)c1ccc(Cl)c(CO)c1. The average Bonchev–Trinajstić information content (AvgIpc) is 2.48. The van der Waals surface area contributed by atoms with Gasteiger partial charge in [0.25, 0.3) is 0 Å². The predicted molar refractivity (Wildman–Crippen MR) is 79.8 cm³/mol. The van der Waals surface area contributed by atoms with Gasteiger partial charge in [-0.05, 0) is 23.8 Å². The molecule has 0 atom stereocenters. The zero-order chi connectivity index (χ0) is 15.3. The van der Waals surface area contributed by atoms with Crippen LogP contribution in [0.25, 0.3) is 0 Å². The number of nitrogens with zero attached hydrogens (tertiary/aromatic N) is 1. The van der Waals surface area contributed by atoms with Crippen molar-refractivity contribution in [3.8, 4) is 0 Å². The van der Waals surface area contributed by atoms with Crippen molar-refractivity contribution in [1.29, 1.82) is 0 Å². The summed E-state index contributed by atoms with van der Waals surface area (Å²) in [6.07, 6.45) is 0. The highest BCUT2D eigenvalue weighted by atomic mass is 35.5. The topological polar surface area (TPSA) is 78.9 Å². The van der Waals surface area contributed by atoms with E-state index < -0.39 is 10.0 Å². The molecule has 1 aliphatic heterocycles. The molecule has 0 radical (unpaired) electrons. The Labute approximate surface area is 129 Å². The highest BCUT2D eigenvalue weighted by molar-refractivity contribution is 7.89. The molecule has 8 heteroatoms. The van der Waals surface area contributed by atoms with Crippen LogP contribution in [0.15, 0.2) is 23.1 Å². The summed E-state index contributed by atoms with van der Waals surface area (Å²) in [6, 6.07) is 4.29. The highest BCUT2D eigenvalue weighted by Gasteiger charge is 2.16. The molecule has 2 N–H and O–H groups in total. The molecule has 0 amide bonds. The van der Waals surface area contributed by atoms with Crippen LogP contribution in [0.2, 0.25) is 5.02 Å². The minimum atomic E-state index is -3.59. The molecule has 1 heterocycles. The number of aliphatic hydroxyl groups is 1. The first-order valence-electron chi connectivity index (χ1n) is 6.72. The molecule has 118 valence electrons. The second-order valence-corrected chi connectivity index (χ2v) is 6.94. The molecule has 0 spiro atoms. The van der Waals surface area contributed by atoms with Gasteiger partial charge in [0.15, 0.2) is 0 Å². The molecule has 1 saturated heterocycles. The summed E-state index contributed by atoms with van der Waals surface area (Å²) < 4.78 is 32.1. The third kappa shape index (κ3) is 4.64. The van der Waals surface area contributed by atoms with Crippen molar-refractivity contribution in [3.63, 3.8) is 0 Å². The molecule has 21 heavy (non-hydrogen) atoms. The smallest absolute Gasteiger partial charge is 0.240 e. The van der Waals surface area contributed by atoms with Gasteiger partial charge in [0.05, 0.1) is 24.7 Å². The zero-order valence-corrected chi connectivity index (χ0v) is 13.2. The molecule has 2 rings (SSSR count). The molecule has 0 unspecified atom stereocenters. The predicted octanol–water partition coefficient (Wildman–Crippen LogP) is 0.443. The third-order valence-electron chi connectivity index (χ3n) is 3.32. The number of morpholine rings is 1. The van der Waals surface area contributed by atoms with Crippen LogP contribution in [-0.2, 0) is 21.4 Å². The van der Waals surface area contributed by atoms with Gasteiger partial charge in [-0.25, -0.2) is 13.1 Å². The fourth-order valence-electron chi connectivity index (χ4n) is 2.09. The molecule has 0 aromatic heterocycles. The molecular formula is C13H19ClN2O4S. The lowest BCUT2D eigenvalue weighted by molar-refractivity contribution is 0.0390.